The molecule has 1 aliphatic heterocycles. The maximum Gasteiger partial charge on any atom is 0.342 e. The fraction of sp³-hybridized carbons (Fsp3) is 0.444. The molecule has 5 heteroatoms. The largest absolute Gasteiger partial charge is 0.465 e. The van der Waals surface area contributed by atoms with Crippen molar-refractivity contribution in [3.8, 4) is 0 Å². The Labute approximate surface area is 80.7 Å². The van der Waals surface area contributed by atoms with E-state index < -0.39 is 17.9 Å². The normalized spacial score (nSPS) is 15.1. The van der Waals surface area contributed by atoms with Gasteiger partial charge < -0.3 is 9.47 Å². The highest BCUT2D eigenvalue weighted by Crippen LogP contribution is 2.12. The van der Waals surface area contributed by atoms with E-state index in [1.165, 1.54) is 0 Å². The molecule has 0 aromatic carbocycles. The van der Waals surface area contributed by atoms with Crippen molar-refractivity contribution >= 4 is 17.9 Å². The summed E-state index contributed by atoms with van der Waals surface area (Å²) in [7, 11) is 0. The first-order valence-corrected chi connectivity index (χ1v) is 4.25. The minimum Gasteiger partial charge on any atom is -0.465 e. The molecule has 0 atom stereocenters. The van der Waals surface area contributed by atoms with Crippen molar-refractivity contribution in [2.75, 3.05) is 6.61 Å². The van der Waals surface area contributed by atoms with Gasteiger partial charge in [-0.05, 0) is 6.42 Å². The minimum absolute atomic E-state index is 0.0519. The van der Waals surface area contributed by atoms with Crippen molar-refractivity contribution in [3.63, 3.8) is 0 Å². The summed E-state index contributed by atoms with van der Waals surface area (Å²) in [5.41, 5.74) is 0.0519. The second kappa shape index (κ2) is 4.55. The number of rotatable bonds is 4. The number of hydrogen-bond donors (Lipinski definition) is 0. The second-order valence-corrected chi connectivity index (χ2v) is 2.78. The lowest BCUT2D eigenvalue weighted by molar-refractivity contribution is -0.152. The fourth-order valence-electron chi connectivity index (χ4n) is 0.933. The van der Waals surface area contributed by atoms with Gasteiger partial charge in [0.05, 0.1) is 18.6 Å². The highest BCUT2D eigenvalue weighted by molar-refractivity contribution is 6.10. The molecule has 1 rings (SSSR count). The first-order valence-electron chi connectivity index (χ1n) is 4.25. The van der Waals surface area contributed by atoms with E-state index >= 15 is 0 Å². The molecule has 1 aliphatic rings. The monoisotopic (exact) mass is 198 g/mol. The SMILES string of the molecule is CCCOC(=O)CC1=CC(=O)OC1=O. The third-order valence-electron chi connectivity index (χ3n) is 1.55. The Morgan fingerprint density at radius 3 is 2.71 bits per heavy atom. The van der Waals surface area contributed by atoms with Crippen LogP contribution >= 0.6 is 0 Å². The zero-order valence-electron chi connectivity index (χ0n) is 7.74. The number of carbonyl (C=O) groups excluding carboxylic acids is 3. The lowest BCUT2D eigenvalue weighted by Crippen LogP contribution is -2.10. The lowest BCUT2D eigenvalue weighted by atomic mass is 10.2. The fourth-order valence-corrected chi connectivity index (χ4v) is 0.933. The summed E-state index contributed by atoms with van der Waals surface area (Å²) in [4.78, 5) is 32.5. The van der Waals surface area contributed by atoms with Crippen molar-refractivity contribution in [1.29, 1.82) is 0 Å². The van der Waals surface area contributed by atoms with E-state index in [0.29, 0.717) is 13.0 Å². The first kappa shape index (κ1) is 10.4. The number of hydrogen-bond acceptors (Lipinski definition) is 5. The molecule has 0 radical (unpaired) electrons. The molecule has 0 aromatic heterocycles. The van der Waals surface area contributed by atoms with Gasteiger partial charge in [-0.2, -0.15) is 0 Å². The van der Waals surface area contributed by atoms with Crippen LogP contribution in [0.1, 0.15) is 19.8 Å². The van der Waals surface area contributed by atoms with Gasteiger partial charge >= 0.3 is 17.9 Å². The van der Waals surface area contributed by atoms with Crippen molar-refractivity contribution in [1.82, 2.24) is 0 Å². The maximum absolute atomic E-state index is 11.0. The molecule has 76 valence electrons. The van der Waals surface area contributed by atoms with Gasteiger partial charge in [0.1, 0.15) is 0 Å². The van der Waals surface area contributed by atoms with Gasteiger partial charge in [0.15, 0.2) is 0 Å². The Kier molecular flexibility index (Phi) is 3.39. The molecular formula is C9H10O5. The molecule has 0 aromatic rings. The summed E-state index contributed by atoms with van der Waals surface area (Å²) < 4.78 is 8.94. The van der Waals surface area contributed by atoms with Gasteiger partial charge in [-0.1, -0.05) is 6.92 Å². The zero-order valence-corrected chi connectivity index (χ0v) is 7.74. The van der Waals surface area contributed by atoms with Crippen molar-refractivity contribution in [3.05, 3.63) is 11.6 Å². The molecule has 0 bridgehead atoms. The van der Waals surface area contributed by atoms with Crippen LogP contribution in [-0.4, -0.2) is 24.5 Å². The van der Waals surface area contributed by atoms with Crippen LogP contribution in [0.2, 0.25) is 0 Å². The summed E-state index contributed by atoms with van der Waals surface area (Å²) in [6.45, 7) is 2.18. The molecule has 14 heavy (non-hydrogen) atoms. The van der Waals surface area contributed by atoms with Crippen LogP contribution in [0.25, 0.3) is 0 Å². The molecule has 0 N–H and O–H groups in total. The van der Waals surface area contributed by atoms with Crippen LogP contribution in [0.15, 0.2) is 11.6 Å². The zero-order chi connectivity index (χ0) is 10.6. The molecule has 0 fully saturated rings. The van der Waals surface area contributed by atoms with Gasteiger partial charge in [0, 0.05) is 6.08 Å². The quantitative estimate of drug-likeness (QED) is 0.481. The molecule has 0 saturated carbocycles. The Balaban J connectivity index is 2.44. The molecule has 5 nitrogen and oxygen atoms in total. The number of esters is 3. The average molecular weight is 198 g/mol. The van der Waals surface area contributed by atoms with E-state index in [2.05, 4.69) is 4.74 Å². The van der Waals surface area contributed by atoms with Crippen LogP contribution in [0.5, 0.6) is 0 Å². The van der Waals surface area contributed by atoms with Crippen LogP contribution in [0, 0.1) is 0 Å². The van der Waals surface area contributed by atoms with Gasteiger partial charge in [-0.3, -0.25) is 4.79 Å². The van der Waals surface area contributed by atoms with Crippen molar-refractivity contribution in [2.24, 2.45) is 0 Å². The highest BCUT2D eigenvalue weighted by Gasteiger charge is 2.25. The molecule has 0 unspecified atom stereocenters. The van der Waals surface area contributed by atoms with Crippen LogP contribution < -0.4 is 0 Å². The predicted molar refractivity (Wildman–Crippen MR) is 45.0 cm³/mol. The van der Waals surface area contributed by atoms with Crippen LogP contribution in [-0.2, 0) is 23.9 Å². The third kappa shape index (κ3) is 2.69. The van der Waals surface area contributed by atoms with E-state index in [9.17, 15) is 14.4 Å². The molecular weight excluding hydrogens is 188 g/mol. The van der Waals surface area contributed by atoms with Crippen molar-refractivity contribution in [2.45, 2.75) is 19.8 Å². The Morgan fingerprint density at radius 1 is 1.50 bits per heavy atom. The minimum atomic E-state index is -0.761. The van der Waals surface area contributed by atoms with Crippen LogP contribution in [0.4, 0.5) is 0 Å². The van der Waals surface area contributed by atoms with Gasteiger partial charge in [-0.25, -0.2) is 9.59 Å². The summed E-state index contributed by atoms with van der Waals surface area (Å²) in [5, 5.41) is 0. The maximum atomic E-state index is 11.0. The van der Waals surface area contributed by atoms with Gasteiger partial charge in [-0.15, -0.1) is 0 Å². The Hall–Kier alpha value is -1.65. The summed E-state index contributed by atoms with van der Waals surface area (Å²) in [6.07, 6.45) is 1.52. The summed E-state index contributed by atoms with van der Waals surface area (Å²) in [6, 6.07) is 0. The average Bonchev–Trinajstić information content (AvgIpc) is 2.42. The Bertz CT molecular complexity index is 302. The van der Waals surface area contributed by atoms with E-state index in [1.54, 1.807) is 0 Å². The molecule has 0 saturated heterocycles. The van der Waals surface area contributed by atoms with Gasteiger partial charge in [0.2, 0.25) is 0 Å². The number of ether oxygens (including phenoxy) is 2. The van der Waals surface area contributed by atoms with Crippen molar-refractivity contribution < 1.29 is 23.9 Å². The van der Waals surface area contributed by atoms with Gasteiger partial charge in [0.25, 0.3) is 0 Å². The molecule has 0 spiro atoms. The second-order valence-electron chi connectivity index (χ2n) is 2.78. The molecule has 0 aliphatic carbocycles. The smallest absolute Gasteiger partial charge is 0.342 e. The third-order valence-corrected chi connectivity index (χ3v) is 1.55. The highest BCUT2D eigenvalue weighted by atomic mass is 16.6. The first-order chi connectivity index (χ1) is 6.63. The number of carbonyl (C=O) groups is 3. The Morgan fingerprint density at radius 2 is 2.21 bits per heavy atom. The summed E-state index contributed by atoms with van der Waals surface area (Å²) >= 11 is 0. The van der Waals surface area contributed by atoms with E-state index in [4.69, 9.17) is 4.74 Å². The molecule has 0 amide bonds. The van der Waals surface area contributed by atoms with E-state index in [0.717, 1.165) is 6.08 Å². The molecule has 1 heterocycles. The van der Waals surface area contributed by atoms with Crippen LogP contribution in [0.3, 0.4) is 0 Å². The van der Waals surface area contributed by atoms with E-state index in [-0.39, 0.29) is 12.0 Å². The number of cyclic esters (lactones) is 2. The van der Waals surface area contributed by atoms with E-state index in [1.807, 2.05) is 6.92 Å². The topological polar surface area (TPSA) is 69.7 Å². The predicted octanol–water partition coefficient (Wildman–Crippen LogP) is 0.339. The lowest BCUT2D eigenvalue weighted by Gasteiger charge is -2.01. The summed E-state index contributed by atoms with van der Waals surface area (Å²) in [5.74, 6) is -2.01. The standard InChI is InChI=1S/C9H10O5/c1-2-3-13-7(10)4-6-5-8(11)14-9(6)12/h5H,2-4H2,1H3.